The van der Waals surface area contributed by atoms with Gasteiger partial charge in [-0.1, -0.05) is 30.2 Å². The van der Waals surface area contributed by atoms with Crippen LogP contribution in [0.1, 0.15) is 0 Å². The summed E-state index contributed by atoms with van der Waals surface area (Å²) in [6.07, 6.45) is 1.44. The molecule has 1 aromatic heterocycles. The molecule has 0 spiro atoms. The predicted molar refractivity (Wildman–Crippen MR) is 53.2 cm³/mol. The Morgan fingerprint density at radius 2 is 1.69 bits per heavy atom. The van der Waals surface area contributed by atoms with Crippen LogP contribution in [0.2, 0.25) is 0 Å². The molecule has 0 saturated heterocycles. The Bertz CT molecular complexity index is 477. The number of halogens is 3. The molecule has 82 valence electrons. The first-order valence-corrected chi connectivity index (χ1v) is 4.44. The van der Waals surface area contributed by atoms with Crippen LogP contribution in [0.5, 0.6) is 0 Å². The van der Waals surface area contributed by atoms with Gasteiger partial charge < -0.3 is 10.3 Å². The summed E-state index contributed by atoms with van der Waals surface area (Å²) < 4.78 is 39.0. The summed E-state index contributed by atoms with van der Waals surface area (Å²) in [5, 5.41) is 3.65. The molecule has 1 heterocycles. The van der Waals surface area contributed by atoms with Gasteiger partial charge in [-0.2, -0.15) is 0 Å². The number of pyridine rings is 1. The second kappa shape index (κ2) is 4.22. The molecule has 0 bridgehead atoms. The molecule has 2 aromatic rings. The van der Waals surface area contributed by atoms with Crippen LogP contribution in [-0.2, 0) is 0 Å². The van der Waals surface area contributed by atoms with Crippen LogP contribution in [0.25, 0.3) is 5.32 Å². The minimum Gasteiger partial charge on any atom is -0.443 e. The highest BCUT2D eigenvalue weighted by Gasteiger charge is 2.07. The zero-order chi connectivity index (χ0) is 11.5. The van der Waals surface area contributed by atoms with Crippen LogP contribution in [0.4, 0.5) is 24.7 Å². The smallest absolute Gasteiger partial charge is 0.132 e. The topological polar surface area (TPSA) is 27.0 Å². The molecule has 2 nitrogen and oxygen atoms in total. The maximum Gasteiger partial charge on any atom is 0.132 e. The number of hydrogen-bond acceptors (Lipinski definition) is 1. The van der Waals surface area contributed by atoms with Crippen molar-refractivity contribution in [2.45, 2.75) is 0 Å². The molecule has 5 heteroatoms. The van der Waals surface area contributed by atoms with E-state index < -0.39 is 23.1 Å². The number of rotatable bonds is 2. The third-order valence-electron chi connectivity index (χ3n) is 1.86. The largest absolute Gasteiger partial charge is 0.443 e. The predicted octanol–water partition coefficient (Wildman–Crippen LogP) is 3.84. The van der Waals surface area contributed by atoms with E-state index in [1.807, 2.05) is 0 Å². The van der Waals surface area contributed by atoms with E-state index in [9.17, 15) is 13.2 Å². The molecule has 0 aliphatic rings. The van der Waals surface area contributed by atoms with Gasteiger partial charge in [0.05, 0.1) is 0 Å². The van der Waals surface area contributed by atoms with Crippen molar-refractivity contribution in [3.63, 3.8) is 0 Å². The highest BCUT2D eigenvalue weighted by molar-refractivity contribution is 5.63. The standard InChI is InChI=1S/C11H6F3N2/c12-7-5-8(13)11(9(14)6-7)16-10-3-1-2-4-15-10/h1-6H/q-1. The van der Waals surface area contributed by atoms with Gasteiger partial charge in [0.1, 0.15) is 17.5 Å². The van der Waals surface area contributed by atoms with Crippen molar-refractivity contribution >= 4 is 11.5 Å². The van der Waals surface area contributed by atoms with Crippen molar-refractivity contribution in [1.82, 2.24) is 4.98 Å². The summed E-state index contributed by atoms with van der Waals surface area (Å²) in [4.78, 5) is 3.78. The number of benzene rings is 1. The summed E-state index contributed by atoms with van der Waals surface area (Å²) in [5.41, 5.74) is -0.542. The van der Waals surface area contributed by atoms with Crippen molar-refractivity contribution in [3.05, 3.63) is 59.3 Å². The Labute approximate surface area is 89.8 Å². The lowest BCUT2D eigenvalue weighted by Crippen LogP contribution is -1.87. The minimum atomic E-state index is -1.05. The molecule has 0 aliphatic carbocycles. The molecule has 0 atom stereocenters. The lowest BCUT2D eigenvalue weighted by Gasteiger charge is -2.15. The summed E-state index contributed by atoms with van der Waals surface area (Å²) in [5.74, 6) is -2.92. The van der Waals surface area contributed by atoms with Crippen molar-refractivity contribution in [1.29, 1.82) is 0 Å². The van der Waals surface area contributed by atoms with E-state index >= 15 is 0 Å². The molecule has 0 N–H and O–H groups in total. The molecule has 0 fully saturated rings. The van der Waals surface area contributed by atoms with Crippen molar-refractivity contribution in [3.8, 4) is 0 Å². The van der Waals surface area contributed by atoms with Crippen LogP contribution in [0.15, 0.2) is 36.5 Å². The Morgan fingerprint density at radius 1 is 1.00 bits per heavy atom. The fourth-order valence-corrected chi connectivity index (χ4v) is 1.18. The monoisotopic (exact) mass is 223 g/mol. The van der Waals surface area contributed by atoms with Crippen molar-refractivity contribution in [2.24, 2.45) is 0 Å². The first kappa shape index (κ1) is 10.5. The third kappa shape index (κ3) is 2.13. The maximum atomic E-state index is 13.2. The third-order valence-corrected chi connectivity index (χ3v) is 1.86. The molecule has 0 aliphatic heterocycles. The van der Waals surface area contributed by atoms with Gasteiger partial charge in [-0.15, -0.1) is 0 Å². The normalized spacial score (nSPS) is 10.2. The highest BCUT2D eigenvalue weighted by atomic mass is 19.1. The molecular weight excluding hydrogens is 217 g/mol. The van der Waals surface area contributed by atoms with E-state index in [0.717, 1.165) is 0 Å². The minimum absolute atomic E-state index is 0.159. The molecule has 1 aromatic carbocycles. The van der Waals surface area contributed by atoms with E-state index in [4.69, 9.17) is 0 Å². The Hall–Kier alpha value is -2.04. The Balaban J connectivity index is 2.35. The Morgan fingerprint density at radius 3 is 2.25 bits per heavy atom. The van der Waals surface area contributed by atoms with Gasteiger partial charge in [-0.25, -0.2) is 13.2 Å². The zero-order valence-corrected chi connectivity index (χ0v) is 7.99. The molecular formula is C11H6F3N2-. The van der Waals surface area contributed by atoms with Gasteiger partial charge in [-0.3, -0.25) is 0 Å². The van der Waals surface area contributed by atoms with E-state index in [-0.39, 0.29) is 5.82 Å². The lowest BCUT2D eigenvalue weighted by atomic mass is 10.2. The number of aromatic nitrogens is 1. The van der Waals surface area contributed by atoms with Gasteiger partial charge in [0.25, 0.3) is 0 Å². The van der Waals surface area contributed by atoms with Gasteiger partial charge in [0.2, 0.25) is 0 Å². The maximum absolute atomic E-state index is 13.2. The van der Waals surface area contributed by atoms with Crippen LogP contribution in [0, 0.1) is 17.5 Å². The van der Waals surface area contributed by atoms with E-state index in [2.05, 4.69) is 10.3 Å². The van der Waals surface area contributed by atoms with Crippen molar-refractivity contribution in [2.75, 3.05) is 0 Å². The van der Waals surface area contributed by atoms with Crippen LogP contribution < -0.4 is 0 Å². The molecule has 0 radical (unpaired) electrons. The van der Waals surface area contributed by atoms with Gasteiger partial charge in [0, 0.05) is 17.8 Å². The fourth-order valence-electron chi connectivity index (χ4n) is 1.18. The second-order valence-electron chi connectivity index (χ2n) is 3.02. The first-order chi connectivity index (χ1) is 7.66. The van der Waals surface area contributed by atoms with Crippen LogP contribution >= 0.6 is 0 Å². The summed E-state index contributed by atoms with van der Waals surface area (Å²) in [7, 11) is 0. The van der Waals surface area contributed by atoms with E-state index in [1.54, 1.807) is 12.1 Å². The van der Waals surface area contributed by atoms with Crippen molar-refractivity contribution < 1.29 is 13.2 Å². The zero-order valence-electron chi connectivity index (χ0n) is 7.99. The SMILES string of the molecule is Fc1cc(F)c([N-]c2ccccn2)c(F)c1. The average Bonchev–Trinajstić information content (AvgIpc) is 2.25. The lowest BCUT2D eigenvalue weighted by molar-refractivity contribution is 0.550. The van der Waals surface area contributed by atoms with E-state index in [1.165, 1.54) is 12.3 Å². The van der Waals surface area contributed by atoms with Gasteiger partial charge in [-0.05, 0) is 0 Å². The quantitative estimate of drug-likeness (QED) is 0.759. The summed E-state index contributed by atoms with van der Waals surface area (Å²) in [6, 6.07) is 5.92. The number of hydrogen-bond donors (Lipinski definition) is 0. The Kier molecular flexibility index (Phi) is 2.76. The molecule has 0 unspecified atom stereocenters. The molecule has 0 saturated carbocycles. The molecule has 0 amide bonds. The number of nitrogens with zero attached hydrogens (tertiary/aromatic N) is 2. The molecule has 16 heavy (non-hydrogen) atoms. The fraction of sp³-hybridized carbons (Fsp3) is 0. The average molecular weight is 223 g/mol. The highest BCUT2D eigenvalue weighted by Crippen LogP contribution is 2.33. The van der Waals surface area contributed by atoms with Gasteiger partial charge in [0.15, 0.2) is 0 Å². The summed E-state index contributed by atoms with van der Waals surface area (Å²) >= 11 is 0. The first-order valence-electron chi connectivity index (χ1n) is 4.44. The van der Waals surface area contributed by atoms with Crippen LogP contribution in [-0.4, -0.2) is 4.98 Å². The molecule has 2 rings (SSSR count). The van der Waals surface area contributed by atoms with Crippen LogP contribution in [0.3, 0.4) is 0 Å². The second-order valence-corrected chi connectivity index (χ2v) is 3.02. The van der Waals surface area contributed by atoms with Gasteiger partial charge >= 0.3 is 0 Å². The van der Waals surface area contributed by atoms with E-state index in [0.29, 0.717) is 12.1 Å². The summed E-state index contributed by atoms with van der Waals surface area (Å²) in [6.45, 7) is 0.